The van der Waals surface area contributed by atoms with Crippen molar-refractivity contribution in [3.8, 4) is 0 Å². The van der Waals surface area contributed by atoms with Crippen LogP contribution in [0.3, 0.4) is 0 Å². The Bertz CT molecular complexity index is 786. The molecule has 2 rings (SSSR count). The van der Waals surface area contributed by atoms with Gasteiger partial charge in [-0.25, -0.2) is 13.4 Å². The quantitative estimate of drug-likeness (QED) is 0.575. The lowest BCUT2D eigenvalue weighted by Crippen LogP contribution is -2.48. The largest absolute Gasteiger partial charge is 0.390 e. The van der Waals surface area contributed by atoms with Crippen molar-refractivity contribution in [2.24, 2.45) is 11.7 Å². The molecule has 1 aromatic rings. The van der Waals surface area contributed by atoms with Crippen LogP contribution in [0.4, 0.5) is 0 Å². The summed E-state index contributed by atoms with van der Waals surface area (Å²) >= 11 is 0. The summed E-state index contributed by atoms with van der Waals surface area (Å²) in [5, 5.41) is 13.2. The smallest absolute Gasteiger partial charge is 0.260 e. The number of carbonyl (C=O) groups is 2. The highest BCUT2D eigenvalue weighted by molar-refractivity contribution is 7.89. The molecule has 0 bridgehead atoms. The molecule has 1 aromatic heterocycles. The van der Waals surface area contributed by atoms with Crippen molar-refractivity contribution in [3.05, 3.63) is 24.4 Å². The van der Waals surface area contributed by atoms with Gasteiger partial charge in [0.05, 0.1) is 12.1 Å². The number of nitrogens with two attached hydrogens (primary N) is 1. The van der Waals surface area contributed by atoms with Crippen molar-refractivity contribution < 1.29 is 23.1 Å². The first-order valence-electron chi connectivity index (χ1n) is 9.32. The standard InChI is InChI=1S/C18H28N4O5S/c1-12(18(19)25)6-9-16(24)21-14-8-7-13(2)22(11-15(14)23)28(26,27)17-5-3-4-10-20-17/h3-5,10,12-15,23H,6-9,11H2,1-2H3,(H2,19,25)(H,21,24)/t12-,13-,14-,15+/m1/s1. The normalized spacial score (nSPS) is 24.9. The number of hydrogen-bond acceptors (Lipinski definition) is 6. The summed E-state index contributed by atoms with van der Waals surface area (Å²) in [4.78, 5) is 27.1. The van der Waals surface area contributed by atoms with E-state index in [-0.39, 0.29) is 29.9 Å². The second kappa shape index (κ2) is 9.44. The molecule has 0 spiro atoms. The van der Waals surface area contributed by atoms with Crippen LogP contribution in [0.25, 0.3) is 0 Å². The fourth-order valence-corrected chi connectivity index (χ4v) is 4.75. The molecule has 0 aliphatic carbocycles. The van der Waals surface area contributed by atoms with Gasteiger partial charge in [-0.3, -0.25) is 9.59 Å². The molecule has 9 nitrogen and oxygen atoms in total. The maximum absolute atomic E-state index is 12.9. The zero-order valence-corrected chi connectivity index (χ0v) is 16.9. The van der Waals surface area contributed by atoms with Crippen LogP contribution in [-0.4, -0.2) is 59.4 Å². The van der Waals surface area contributed by atoms with Crippen molar-refractivity contribution in [1.82, 2.24) is 14.6 Å². The van der Waals surface area contributed by atoms with Gasteiger partial charge in [0, 0.05) is 31.1 Å². The van der Waals surface area contributed by atoms with E-state index in [1.807, 2.05) is 0 Å². The zero-order chi connectivity index (χ0) is 20.9. The number of nitrogens with zero attached hydrogens (tertiary/aromatic N) is 2. The highest BCUT2D eigenvalue weighted by Crippen LogP contribution is 2.24. The van der Waals surface area contributed by atoms with E-state index < -0.39 is 34.0 Å². The van der Waals surface area contributed by atoms with E-state index >= 15 is 0 Å². The number of hydrogen-bond donors (Lipinski definition) is 3. The Balaban J connectivity index is 2.04. The van der Waals surface area contributed by atoms with Crippen LogP contribution in [0.2, 0.25) is 0 Å². The first-order chi connectivity index (χ1) is 13.1. The number of rotatable bonds is 7. The Morgan fingerprint density at radius 3 is 2.71 bits per heavy atom. The van der Waals surface area contributed by atoms with Gasteiger partial charge in [0.2, 0.25) is 11.8 Å². The number of aliphatic hydroxyl groups is 1. The Morgan fingerprint density at radius 1 is 1.39 bits per heavy atom. The fraction of sp³-hybridized carbons (Fsp3) is 0.611. The highest BCUT2D eigenvalue weighted by atomic mass is 32.2. The van der Waals surface area contributed by atoms with E-state index in [1.54, 1.807) is 26.0 Å². The molecular formula is C18H28N4O5S. The second-order valence-electron chi connectivity index (χ2n) is 7.25. The van der Waals surface area contributed by atoms with E-state index in [0.717, 1.165) is 0 Å². The predicted molar refractivity (Wildman–Crippen MR) is 102 cm³/mol. The van der Waals surface area contributed by atoms with Gasteiger partial charge in [-0.05, 0) is 38.3 Å². The average molecular weight is 413 g/mol. The summed E-state index contributed by atoms with van der Waals surface area (Å²) in [6.45, 7) is 3.28. The number of sulfonamides is 1. The molecule has 10 heteroatoms. The Labute approximate surface area is 165 Å². The molecule has 0 saturated carbocycles. The minimum Gasteiger partial charge on any atom is -0.390 e. The summed E-state index contributed by atoms with van der Waals surface area (Å²) in [6, 6.07) is 3.72. The summed E-state index contributed by atoms with van der Waals surface area (Å²) < 4.78 is 27.0. The summed E-state index contributed by atoms with van der Waals surface area (Å²) in [5.74, 6) is -1.18. The molecule has 1 fully saturated rings. The Kier molecular flexibility index (Phi) is 7.50. The zero-order valence-electron chi connectivity index (χ0n) is 16.1. The van der Waals surface area contributed by atoms with Gasteiger partial charge in [0.25, 0.3) is 10.0 Å². The first kappa shape index (κ1) is 22.3. The monoisotopic (exact) mass is 412 g/mol. The number of aliphatic hydroxyl groups excluding tert-OH is 1. The third-order valence-corrected chi connectivity index (χ3v) is 6.96. The van der Waals surface area contributed by atoms with Crippen LogP contribution in [-0.2, 0) is 19.6 Å². The van der Waals surface area contributed by atoms with E-state index in [1.165, 1.54) is 16.6 Å². The van der Waals surface area contributed by atoms with Crippen LogP contribution in [0, 0.1) is 5.92 Å². The van der Waals surface area contributed by atoms with Crippen LogP contribution in [0.15, 0.2) is 29.4 Å². The van der Waals surface area contributed by atoms with E-state index in [9.17, 15) is 23.1 Å². The third kappa shape index (κ3) is 5.49. The van der Waals surface area contributed by atoms with Gasteiger partial charge in [-0.15, -0.1) is 0 Å². The molecule has 4 atom stereocenters. The number of pyridine rings is 1. The predicted octanol–water partition coefficient (Wildman–Crippen LogP) is 0.00190. The number of carbonyl (C=O) groups excluding carboxylic acids is 2. The van der Waals surface area contributed by atoms with Crippen molar-refractivity contribution in [1.29, 1.82) is 0 Å². The van der Waals surface area contributed by atoms with E-state index in [0.29, 0.717) is 19.3 Å². The molecule has 156 valence electrons. The van der Waals surface area contributed by atoms with Gasteiger partial charge >= 0.3 is 0 Å². The molecular weight excluding hydrogens is 384 g/mol. The number of primary amides is 1. The molecule has 2 heterocycles. The summed E-state index contributed by atoms with van der Waals surface area (Å²) in [5.41, 5.74) is 5.19. The van der Waals surface area contributed by atoms with Gasteiger partial charge in [-0.1, -0.05) is 13.0 Å². The molecule has 0 unspecified atom stereocenters. The average Bonchev–Trinajstić information content (AvgIpc) is 2.80. The van der Waals surface area contributed by atoms with Crippen LogP contribution in [0.1, 0.15) is 39.5 Å². The van der Waals surface area contributed by atoms with Crippen LogP contribution < -0.4 is 11.1 Å². The lowest BCUT2D eigenvalue weighted by atomic mass is 10.0. The van der Waals surface area contributed by atoms with Crippen LogP contribution >= 0.6 is 0 Å². The second-order valence-corrected chi connectivity index (χ2v) is 9.09. The molecule has 28 heavy (non-hydrogen) atoms. The lowest BCUT2D eigenvalue weighted by molar-refractivity contribution is -0.124. The van der Waals surface area contributed by atoms with Crippen molar-refractivity contribution in [2.45, 2.75) is 62.7 Å². The van der Waals surface area contributed by atoms with Crippen molar-refractivity contribution in [2.75, 3.05) is 6.54 Å². The molecule has 0 radical (unpaired) electrons. The SMILES string of the molecule is C[C@H](CCC(=O)N[C@@H]1CC[C@@H](C)N(S(=O)(=O)c2ccccn2)C[C@@H]1O)C(N)=O. The molecule has 1 saturated heterocycles. The summed E-state index contributed by atoms with van der Waals surface area (Å²) in [7, 11) is -3.85. The van der Waals surface area contributed by atoms with E-state index in [2.05, 4.69) is 10.3 Å². The Morgan fingerprint density at radius 2 is 2.11 bits per heavy atom. The first-order valence-corrected chi connectivity index (χ1v) is 10.8. The maximum Gasteiger partial charge on any atom is 0.260 e. The third-order valence-electron chi connectivity index (χ3n) is 5.07. The summed E-state index contributed by atoms with van der Waals surface area (Å²) in [6.07, 6.45) is 1.70. The van der Waals surface area contributed by atoms with Crippen molar-refractivity contribution in [3.63, 3.8) is 0 Å². The van der Waals surface area contributed by atoms with Gasteiger partial charge in [0.15, 0.2) is 5.03 Å². The fourth-order valence-electron chi connectivity index (χ4n) is 3.14. The van der Waals surface area contributed by atoms with Gasteiger partial charge in [-0.2, -0.15) is 4.31 Å². The van der Waals surface area contributed by atoms with Gasteiger partial charge < -0.3 is 16.2 Å². The molecule has 4 N–H and O–H groups in total. The topological polar surface area (TPSA) is 143 Å². The molecule has 0 aromatic carbocycles. The maximum atomic E-state index is 12.9. The van der Waals surface area contributed by atoms with Crippen molar-refractivity contribution >= 4 is 21.8 Å². The number of nitrogens with one attached hydrogen (secondary N) is 1. The molecule has 1 aliphatic rings. The molecule has 1 aliphatic heterocycles. The van der Waals surface area contributed by atoms with Gasteiger partial charge in [0.1, 0.15) is 0 Å². The minimum atomic E-state index is -3.85. The Hall–Kier alpha value is -2.04. The number of β-amino-alcohol motifs (C(OH)–C–C–N with tert-alkyl or cyclic N) is 1. The number of aromatic nitrogens is 1. The number of amides is 2. The van der Waals surface area contributed by atoms with E-state index in [4.69, 9.17) is 5.73 Å². The highest BCUT2D eigenvalue weighted by Gasteiger charge is 2.37. The molecule has 2 amide bonds. The van der Waals surface area contributed by atoms with Crippen LogP contribution in [0.5, 0.6) is 0 Å². The lowest BCUT2D eigenvalue weighted by Gasteiger charge is -2.27. The minimum absolute atomic E-state index is 0.0722.